The molecule has 1 amide bonds. The largest absolute Gasteiger partial charge is 0.320 e. The molecule has 6 heteroatoms. The van der Waals surface area contributed by atoms with Crippen molar-refractivity contribution in [1.82, 2.24) is 9.97 Å². The Morgan fingerprint density at radius 3 is 2.65 bits per heavy atom. The third kappa shape index (κ3) is 3.89. The van der Waals surface area contributed by atoms with Crippen LogP contribution in [-0.4, -0.2) is 22.1 Å². The van der Waals surface area contributed by atoms with Crippen molar-refractivity contribution in [2.45, 2.75) is 5.16 Å². The second-order valence-electron chi connectivity index (χ2n) is 3.81. The van der Waals surface area contributed by atoms with Crippen molar-refractivity contribution in [1.29, 1.82) is 0 Å². The normalized spacial score (nSPS) is 10.7. The molecule has 0 saturated heterocycles. The SMILES string of the molecule is CSc1ncc(C=CC(=O)Nc2ccccc2F)cn1. The second-order valence-corrected chi connectivity index (χ2v) is 4.58. The van der Waals surface area contributed by atoms with Crippen molar-refractivity contribution in [3.05, 3.63) is 54.1 Å². The molecule has 0 saturated carbocycles. The van der Waals surface area contributed by atoms with Crippen LogP contribution in [0.3, 0.4) is 0 Å². The number of amides is 1. The van der Waals surface area contributed by atoms with Gasteiger partial charge in [-0.1, -0.05) is 23.9 Å². The van der Waals surface area contributed by atoms with Crippen molar-refractivity contribution in [2.24, 2.45) is 0 Å². The lowest BCUT2D eigenvalue weighted by atomic mass is 10.3. The van der Waals surface area contributed by atoms with Crippen LogP contribution >= 0.6 is 11.8 Å². The summed E-state index contributed by atoms with van der Waals surface area (Å²) in [7, 11) is 0. The molecule has 1 N–H and O–H groups in total. The lowest BCUT2D eigenvalue weighted by Gasteiger charge is -2.02. The minimum atomic E-state index is -0.470. The van der Waals surface area contributed by atoms with Gasteiger partial charge in [0.25, 0.3) is 0 Å². The zero-order valence-corrected chi connectivity index (χ0v) is 11.5. The van der Waals surface area contributed by atoms with Crippen LogP contribution in [0.1, 0.15) is 5.56 Å². The maximum Gasteiger partial charge on any atom is 0.248 e. The Morgan fingerprint density at radius 2 is 2.00 bits per heavy atom. The minimum absolute atomic E-state index is 0.149. The van der Waals surface area contributed by atoms with Crippen molar-refractivity contribution in [2.75, 3.05) is 11.6 Å². The van der Waals surface area contributed by atoms with E-state index in [-0.39, 0.29) is 5.69 Å². The molecule has 0 unspecified atom stereocenters. The van der Waals surface area contributed by atoms with Gasteiger partial charge in [-0.05, 0) is 24.5 Å². The minimum Gasteiger partial charge on any atom is -0.320 e. The first-order chi connectivity index (χ1) is 9.69. The fourth-order valence-electron chi connectivity index (χ4n) is 1.43. The fourth-order valence-corrected chi connectivity index (χ4v) is 1.74. The summed E-state index contributed by atoms with van der Waals surface area (Å²) in [6.07, 6.45) is 7.99. The number of anilines is 1. The molecule has 0 aliphatic carbocycles. The molecule has 1 aromatic carbocycles. The van der Waals surface area contributed by atoms with Crippen LogP contribution in [0.15, 0.2) is 47.9 Å². The van der Waals surface area contributed by atoms with Crippen molar-refractivity contribution >= 4 is 29.4 Å². The number of nitrogens with zero attached hydrogens (tertiary/aromatic N) is 2. The van der Waals surface area contributed by atoms with E-state index in [2.05, 4.69) is 15.3 Å². The molecule has 0 bridgehead atoms. The Bertz CT molecular complexity index is 629. The van der Waals surface area contributed by atoms with Crippen LogP contribution < -0.4 is 5.32 Å². The molecule has 4 nitrogen and oxygen atoms in total. The van der Waals surface area contributed by atoms with Gasteiger partial charge in [0.15, 0.2) is 5.16 Å². The Labute approximate surface area is 120 Å². The molecule has 1 aromatic heterocycles. The topological polar surface area (TPSA) is 54.9 Å². The summed E-state index contributed by atoms with van der Waals surface area (Å²) in [4.78, 5) is 19.8. The number of nitrogens with one attached hydrogen (secondary N) is 1. The van der Waals surface area contributed by atoms with E-state index in [1.165, 1.54) is 30.0 Å². The van der Waals surface area contributed by atoms with Crippen LogP contribution in [0.5, 0.6) is 0 Å². The molecule has 0 aliphatic heterocycles. The molecule has 2 rings (SSSR count). The summed E-state index contributed by atoms with van der Waals surface area (Å²) < 4.78 is 13.3. The number of aromatic nitrogens is 2. The smallest absolute Gasteiger partial charge is 0.248 e. The second kappa shape index (κ2) is 6.81. The van der Waals surface area contributed by atoms with E-state index in [0.29, 0.717) is 10.7 Å². The van der Waals surface area contributed by atoms with Gasteiger partial charge in [-0.2, -0.15) is 0 Å². The number of carbonyl (C=O) groups excluding carboxylic acids is 1. The third-order valence-electron chi connectivity index (χ3n) is 2.39. The monoisotopic (exact) mass is 289 g/mol. The van der Waals surface area contributed by atoms with Crippen molar-refractivity contribution < 1.29 is 9.18 Å². The lowest BCUT2D eigenvalue weighted by molar-refractivity contribution is -0.111. The summed E-state index contributed by atoms with van der Waals surface area (Å²) in [5.41, 5.74) is 0.850. The van der Waals surface area contributed by atoms with Gasteiger partial charge in [0, 0.05) is 24.0 Å². The predicted octanol–water partition coefficient (Wildman–Crippen LogP) is 2.99. The number of rotatable bonds is 4. The van der Waals surface area contributed by atoms with Gasteiger partial charge >= 0.3 is 0 Å². The van der Waals surface area contributed by atoms with E-state index >= 15 is 0 Å². The molecule has 1 heterocycles. The first kappa shape index (κ1) is 14.2. The van der Waals surface area contributed by atoms with Gasteiger partial charge in [0.2, 0.25) is 5.91 Å². The molecule has 20 heavy (non-hydrogen) atoms. The number of hydrogen-bond donors (Lipinski definition) is 1. The average Bonchev–Trinajstić information content (AvgIpc) is 2.48. The van der Waals surface area contributed by atoms with Gasteiger partial charge < -0.3 is 5.32 Å². The first-order valence-corrected chi connectivity index (χ1v) is 7.01. The van der Waals surface area contributed by atoms with Crippen LogP contribution in [0.2, 0.25) is 0 Å². The molecule has 0 radical (unpaired) electrons. The van der Waals surface area contributed by atoms with Crippen molar-refractivity contribution in [3.63, 3.8) is 0 Å². The Balaban J connectivity index is 2.00. The highest BCUT2D eigenvalue weighted by atomic mass is 32.2. The zero-order chi connectivity index (χ0) is 14.4. The van der Waals surface area contributed by atoms with Gasteiger partial charge in [-0.25, -0.2) is 14.4 Å². The first-order valence-electron chi connectivity index (χ1n) is 5.78. The maximum absolute atomic E-state index is 13.3. The van der Waals surface area contributed by atoms with Gasteiger partial charge in [-0.3, -0.25) is 4.79 Å². The number of thioether (sulfide) groups is 1. The number of para-hydroxylation sites is 1. The summed E-state index contributed by atoms with van der Waals surface area (Å²) in [5.74, 6) is -0.883. The number of carbonyl (C=O) groups is 1. The molecular weight excluding hydrogens is 277 g/mol. The Hall–Kier alpha value is -2.21. The quantitative estimate of drug-likeness (QED) is 0.534. The van der Waals surface area contributed by atoms with E-state index in [0.717, 1.165) is 0 Å². The van der Waals surface area contributed by atoms with Crippen molar-refractivity contribution in [3.8, 4) is 0 Å². The van der Waals surface area contributed by atoms with E-state index in [9.17, 15) is 9.18 Å². The van der Waals surface area contributed by atoms with Gasteiger partial charge in [0.05, 0.1) is 5.69 Å². The van der Waals surface area contributed by atoms with E-state index < -0.39 is 11.7 Å². The number of benzene rings is 1. The molecule has 0 fully saturated rings. The summed E-state index contributed by atoms with van der Waals surface area (Å²) >= 11 is 1.44. The number of halogens is 1. The number of hydrogen-bond acceptors (Lipinski definition) is 4. The van der Waals surface area contributed by atoms with E-state index in [1.807, 2.05) is 6.26 Å². The maximum atomic E-state index is 13.3. The molecular formula is C14H12FN3OS. The fraction of sp³-hybridized carbons (Fsp3) is 0.0714. The van der Waals surface area contributed by atoms with E-state index in [4.69, 9.17) is 0 Å². The molecule has 0 aliphatic rings. The average molecular weight is 289 g/mol. The molecule has 0 spiro atoms. The van der Waals surface area contributed by atoms with Crippen LogP contribution in [0.25, 0.3) is 6.08 Å². The summed E-state index contributed by atoms with van der Waals surface area (Å²) in [5, 5.41) is 3.12. The molecule has 2 aromatic rings. The van der Waals surface area contributed by atoms with Gasteiger partial charge in [-0.15, -0.1) is 0 Å². The van der Waals surface area contributed by atoms with Crippen LogP contribution in [0.4, 0.5) is 10.1 Å². The zero-order valence-electron chi connectivity index (χ0n) is 10.7. The lowest BCUT2D eigenvalue weighted by Crippen LogP contribution is -2.09. The standard InChI is InChI=1S/C14H12FN3OS/c1-20-14-16-8-10(9-17-14)6-7-13(19)18-12-5-3-2-4-11(12)15/h2-9H,1H3,(H,18,19). The Morgan fingerprint density at radius 1 is 1.30 bits per heavy atom. The molecule has 0 atom stereocenters. The van der Waals surface area contributed by atoms with Crippen LogP contribution in [-0.2, 0) is 4.79 Å². The summed E-state index contributed by atoms with van der Waals surface area (Å²) in [6.45, 7) is 0. The highest BCUT2D eigenvalue weighted by Crippen LogP contribution is 2.12. The highest BCUT2D eigenvalue weighted by molar-refractivity contribution is 7.98. The Kier molecular flexibility index (Phi) is 4.84. The highest BCUT2D eigenvalue weighted by Gasteiger charge is 2.02. The van der Waals surface area contributed by atoms with Crippen LogP contribution in [0, 0.1) is 5.82 Å². The summed E-state index contributed by atoms with van der Waals surface area (Å²) in [6, 6.07) is 5.99. The third-order valence-corrected chi connectivity index (χ3v) is 2.97. The van der Waals surface area contributed by atoms with Gasteiger partial charge in [0.1, 0.15) is 5.82 Å². The molecule has 102 valence electrons. The van der Waals surface area contributed by atoms with E-state index in [1.54, 1.807) is 30.6 Å². The predicted molar refractivity (Wildman–Crippen MR) is 77.9 cm³/mol.